The molecule has 0 bridgehead atoms. The number of hydrogen-bond donors (Lipinski definition) is 0. The first-order chi connectivity index (χ1) is 15.0. The Morgan fingerprint density at radius 2 is 1.87 bits per heavy atom. The number of amides is 1. The highest BCUT2D eigenvalue weighted by atomic mass is 16.5. The van der Waals surface area contributed by atoms with Crippen molar-refractivity contribution in [2.75, 3.05) is 7.11 Å². The van der Waals surface area contributed by atoms with Gasteiger partial charge in [-0.25, -0.2) is 4.98 Å². The fraction of sp³-hybridized carbons (Fsp3) is 0.160. The standard InChI is InChI=1S/C25H22N2O4/c1-16-13-19(10-11-20(16)31-2)23(28)21-22(18-8-4-3-5-9-18)27(25(30)24(21)29)15-17-7-6-12-26-14-17/h3-14,22,28H,15H2,1-2H3. The number of likely N-dealkylation sites (tertiary alicyclic amines) is 1. The van der Waals surface area contributed by atoms with Gasteiger partial charge in [-0.1, -0.05) is 42.2 Å². The lowest BCUT2D eigenvalue weighted by molar-refractivity contribution is -0.378. The van der Waals surface area contributed by atoms with Gasteiger partial charge in [-0.2, -0.15) is 0 Å². The largest absolute Gasteiger partial charge is 0.872 e. The summed E-state index contributed by atoms with van der Waals surface area (Å²) in [5, 5.41) is 13.5. The number of carbonyl (C=O) groups excluding carboxylic acids is 2. The second kappa shape index (κ2) is 8.44. The molecule has 0 aliphatic carbocycles. The second-order valence-electron chi connectivity index (χ2n) is 7.41. The fourth-order valence-electron chi connectivity index (χ4n) is 3.92. The highest BCUT2D eigenvalue weighted by Crippen LogP contribution is 2.39. The maximum absolute atomic E-state index is 13.5. The molecule has 1 saturated heterocycles. The summed E-state index contributed by atoms with van der Waals surface area (Å²) < 4.78 is 5.27. The highest BCUT2D eigenvalue weighted by Gasteiger charge is 2.44. The first-order valence-corrected chi connectivity index (χ1v) is 9.92. The molecule has 1 unspecified atom stereocenters. The molecule has 3 aromatic rings. The number of aromatic nitrogens is 1. The third-order valence-electron chi connectivity index (χ3n) is 5.43. The Kier molecular flexibility index (Phi) is 5.54. The predicted molar refractivity (Wildman–Crippen MR) is 112 cm³/mol. The Balaban J connectivity index is 1.85. The zero-order valence-corrected chi connectivity index (χ0v) is 17.3. The number of methoxy groups -OCH3 is 1. The fourth-order valence-corrected chi connectivity index (χ4v) is 3.92. The van der Waals surface area contributed by atoms with Crippen molar-refractivity contribution in [1.82, 2.24) is 4.90 Å². The van der Waals surface area contributed by atoms with Crippen molar-refractivity contribution < 1.29 is 24.4 Å². The summed E-state index contributed by atoms with van der Waals surface area (Å²) in [6, 6.07) is 17.1. The minimum Gasteiger partial charge on any atom is -0.872 e. The van der Waals surface area contributed by atoms with Gasteiger partial charge in [0.05, 0.1) is 19.7 Å². The zero-order valence-electron chi connectivity index (χ0n) is 17.3. The van der Waals surface area contributed by atoms with Crippen molar-refractivity contribution in [2.45, 2.75) is 19.5 Å². The molecule has 0 radical (unpaired) electrons. The van der Waals surface area contributed by atoms with Gasteiger partial charge in [-0.05, 0) is 41.8 Å². The normalized spacial score (nSPS) is 17.7. The average Bonchev–Trinajstić information content (AvgIpc) is 3.04. The van der Waals surface area contributed by atoms with Crippen LogP contribution < -0.4 is 14.8 Å². The molecule has 6 nitrogen and oxygen atoms in total. The van der Waals surface area contributed by atoms with Gasteiger partial charge in [0, 0.05) is 17.2 Å². The molecule has 1 fully saturated rings. The zero-order chi connectivity index (χ0) is 22.0. The van der Waals surface area contributed by atoms with E-state index in [9.17, 15) is 14.7 Å². The summed E-state index contributed by atoms with van der Waals surface area (Å²) >= 11 is 0. The highest BCUT2D eigenvalue weighted by molar-refractivity contribution is 6.46. The van der Waals surface area contributed by atoms with Crippen LogP contribution in [-0.4, -0.2) is 23.7 Å². The van der Waals surface area contributed by atoms with Gasteiger partial charge in [0.2, 0.25) is 5.78 Å². The van der Waals surface area contributed by atoms with Crippen LogP contribution in [0, 0.1) is 6.92 Å². The maximum Gasteiger partial charge on any atom is 0.295 e. The molecule has 2 aromatic carbocycles. The van der Waals surface area contributed by atoms with Crippen LogP contribution in [0.1, 0.15) is 28.3 Å². The Labute approximate surface area is 180 Å². The Morgan fingerprint density at radius 1 is 1.10 bits per heavy atom. The van der Waals surface area contributed by atoms with E-state index < -0.39 is 23.5 Å². The number of ether oxygens (including phenoxy) is 1. The summed E-state index contributed by atoms with van der Waals surface area (Å²) in [6.45, 7) is 2.04. The van der Waals surface area contributed by atoms with Crippen molar-refractivity contribution in [3.63, 3.8) is 0 Å². The number of hydrogen-bond acceptors (Lipinski definition) is 4. The van der Waals surface area contributed by atoms with E-state index in [1.165, 1.54) is 4.90 Å². The van der Waals surface area contributed by atoms with Crippen LogP contribution in [0.5, 0.6) is 5.75 Å². The summed E-state index contributed by atoms with van der Waals surface area (Å²) in [4.78, 5) is 30.5. The molecule has 1 amide bonds. The van der Waals surface area contributed by atoms with E-state index in [1.807, 2.05) is 49.4 Å². The van der Waals surface area contributed by atoms with Gasteiger partial charge in [0.25, 0.3) is 5.91 Å². The summed E-state index contributed by atoms with van der Waals surface area (Å²) in [7, 11) is 1.56. The lowest BCUT2D eigenvalue weighted by Crippen LogP contribution is -2.29. The number of rotatable bonds is 5. The predicted octanol–water partition coefficient (Wildman–Crippen LogP) is 2.24. The Morgan fingerprint density at radius 3 is 2.52 bits per heavy atom. The third-order valence-corrected chi connectivity index (χ3v) is 5.43. The van der Waals surface area contributed by atoms with Crippen molar-refractivity contribution in [3.05, 3.63) is 101 Å². The number of pyridine rings is 1. The SMILES string of the molecule is COc1ccc(C([O-])=C2C(=O)C(=O)N(Cc3ccc[nH+]c3)C2c2ccccc2)cc1C. The summed E-state index contributed by atoms with van der Waals surface area (Å²) in [5.74, 6) is -1.23. The van der Waals surface area contributed by atoms with Crippen LogP contribution in [0.3, 0.4) is 0 Å². The van der Waals surface area contributed by atoms with E-state index in [0.717, 1.165) is 16.7 Å². The molecule has 1 N–H and O–H groups in total. The van der Waals surface area contributed by atoms with Crippen LogP contribution in [0.2, 0.25) is 0 Å². The molecule has 6 heteroatoms. The molecule has 156 valence electrons. The number of ketones is 1. The van der Waals surface area contributed by atoms with Gasteiger partial charge in [0.1, 0.15) is 5.75 Å². The number of aryl methyl sites for hydroxylation is 1. The van der Waals surface area contributed by atoms with E-state index in [1.54, 1.807) is 37.7 Å². The topological polar surface area (TPSA) is 83.8 Å². The first-order valence-electron chi connectivity index (χ1n) is 9.92. The minimum atomic E-state index is -0.757. The molecule has 1 atom stereocenters. The van der Waals surface area contributed by atoms with Crippen LogP contribution in [-0.2, 0) is 16.1 Å². The number of benzene rings is 2. The van der Waals surface area contributed by atoms with Gasteiger partial charge in [-0.15, -0.1) is 0 Å². The number of H-pyrrole nitrogens is 1. The van der Waals surface area contributed by atoms with Crippen molar-refractivity contribution in [1.29, 1.82) is 0 Å². The van der Waals surface area contributed by atoms with Gasteiger partial charge < -0.3 is 14.7 Å². The molecule has 0 saturated carbocycles. The number of Topliss-reactive ketones (excluding diaryl/α,β-unsaturated/α-hetero) is 1. The lowest BCUT2D eigenvalue weighted by Gasteiger charge is -2.27. The lowest BCUT2D eigenvalue weighted by atomic mass is 9.94. The number of aromatic amines is 1. The van der Waals surface area contributed by atoms with E-state index in [0.29, 0.717) is 11.3 Å². The Bertz CT molecular complexity index is 1160. The second-order valence-corrected chi connectivity index (χ2v) is 7.41. The monoisotopic (exact) mass is 414 g/mol. The maximum atomic E-state index is 13.5. The van der Waals surface area contributed by atoms with E-state index in [2.05, 4.69) is 4.98 Å². The van der Waals surface area contributed by atoms with Gasteiger partial charge in [-0.3, -0.25) is 9.59 Å². The van der Waals surface area contributed by atoms with E-state index >= 15 is 0 Å². The van der Waals surface area contributed by atoms with Crippen molar-refractivity contribution >= 4 is 17.4 Å². The quantitative estimate of drug-likeness (QED) is 0.364. The number of nitrogens with zero attached hydrogens (tertiary/aromatic N) is 1. The molecular formula is C25H22N2O4. The van der Waals surface area contributed by atoms with Crippen LogP contribution in [0.15, 0.2) is 78.6 Å². The van der Waals surface area contributed by atoms with Crippen LogP contribution in [0.25, 0.3) is 5.76 Å². The van der Waals surface area contributed by atoms with E-state index in [4.69, 9.17) is 4.74 Å². The molecular weight excluding hydrogens is 392 g/mol. The third kappa shape index (κ3) is 3.80. The van der Waals surface area contributed by atoms with Crippen LogP contribution in [0.4, 0.5) is 0 Å². The molecule has 31 heavy (non-hydrogen) atoms. The van der Waals surface area contributed by atoms with Crippen molar-refractivity contribution in [2.24, 2.45) is 0 Å². The minimum absolute atomic E-state index is 0.0272. The summed E-state index contributed by atoms with van der Waals surface area (Å²) in [6.07, 6.45) is 3.54. The molecule has 4 rings (SSSR count). The van der Waals surface area contributed by atoms with Gasteiger partial charge in [0.15, 0.2) is 12.4 Å². The smallest absolute Gasteiger partial charge is 0.295 e. The number of nitrogens with one attached hydrogen (secondary N) is 1. The van der Waals surface area contributed by atoms with E-state index in [-0.39, 0.29) is 12.1 Å². The van der Waals surface area contributed by atoms with Gasteiger partial charge >= 0.3 is 0 Å². The number of carbonyl (C=O) groups is 2. The molecule has 1 aliphatic heterocycles. The molecule has 0 spiro atoms. The molecule has 1 aromatic heterocycles. The average molecular weight is 414 g/mol. The first kappa shape index (κ1) is 20.3. The Hall–Kier alpha value is -3.93. The summed E-state index contributed by atoms with van der Waals surface area (Å²) in [5.41, 5.74) is 2.65. The molecule has 1 aliphatic rings. The van der Waals surface area contributed by atoms with Crippen LogP contribution >= 0.6 is 0 Å². The molecule has 2 heterocycles. The van der Waals surface area contributed by atoms with Crippen molar-refractivity contribution in [3.8, 4) is 5.75 Å².